The summed E-state index contributed by atoms with van der Waals surface area (Å²) in [4.78, 5) is 2.18. The third-order valence-electron chi connectivity index (χ3n) is 3.15. The molecule has 1 aromatic carbocycles. The van der Waals surface area contributed by atoms with Gasteiger partial charge in [-0.2, -0.15) is 0 Å². The summed E-state index contributed by atoms with van der Waals surface area (Å²) in [5.41, 5.74) is 2.53. The Morgan fingerprint density at radius 3 is 2.68 bits per heavy atom. The molecule has 108 valence electrons. The van der Waals surface area contributed by atoms with Gasteiger partial charge in [-0.1, -0.05) is 24.6 Å². The minimum atomic E-state index is 0.328. The monoisotopic (exact) mass is 264 g/mol. The number of nitrogens with one attached hydrogen (secondary N) is 1. The Bertz CT molecular complexity index is 377. The summed E-state index contributed by atoms with van der Waals surface area (Å²) in [5.74, 6) is 1.01. The van der Waals surface area contributed by atoms with Crippen molar-refractivity contribution in [2.75, 3.05) is 33.8 Å². The van der Waals surface area contributed by atoms with E-state index in [1.807, 2.05) is 0 Å². The lowest BCUT2D eigenvalue weighted by Gasteiger charge is -2.19. The summed E-state index contributed by atoms with van der Waals surface area (Å²) in [6, 6.07) is 6.75. The smallest absolute Gasteiger partial charge is 0.124 e. The van der Waals surface area contributed by atoms with Crippen molar-refractivity contribution >= 4 is 0 Å². The Kier molecular flexibility index (Phi) is 6.89. The van der Waals surface area contributed by atoms with Crippen molar-refractivity contribution < 1.29 is 4.74 Å². The summed E-state index contributed by atoms with van der Waals surface area (Å²) in [5, 5.41) is 3.45. The van der Waals surface area contributed by atoms with Crippen LogP contribution in [0, 0.1) is 6.92 Å². The van der Waals surface area contributed by atoms with Crippen LogP contribution in [-0.4, -0.2) is 38.7 Å². The minimum Gasteiger partial charge on any atom is -0.493 e. The summed E-state index contributed by atoms with van der Waals surface area (Å²) in [6.45, 7) is 9.24. The van der Waals surface area contributed by atoms with Gasteiger partial charge in [0.1, 0.15) is 5.75 Å². The fourth-order valence-corrected chi connectivity index (χ4v) is 2.12. The highest BCUT2D eigenvalue weighted by Gasteiger charge is 2.11. The molecule has 0 heterocycles. The van der Waals surface area contributed by atoms with E-state index in [2.05, 4.69) is 63.3 Å². The van der Waals surface area contributed by atoms with Crippen molar-refractivity contribution in [1.82, 2.24) is 10.2 Å². The van der Waals surface area contributed by atoms with Gasteiger partial charge in [-0.3, -0.25) is 0 Å². The van der Waals surface area contributed by atoms with Crippen LogP contribution in [0.3, 0.4) is 0 Å². The molecule has 0 aliphatic heterocycles. The van der Waals surface area contributed by atoms with Crippen LogP contribution in [0.4, 0.5) is 0 Å². The van der Waals surface area contributed by atoms with E-state index in [9.17, 15) is 0 Å². The molecule has 0 saturated heterocycles. The van der Waals surface area contributed by atoms with Crippen LogP contribution in [-0.2, 0) is 0 Å². The second-order valence-corrected chi connectivity index (χ2v) is 5.33. The number of benzene rings is 1. The van der Waals surface area contributed by atoms with Gasteiger partial charge in [-0.15, -0.1) is 0 Å². The zero-order valence-corrected chi connectivity index (χ0v) is 13.0. The molecular weight excluding hydrogens is 236 g/mol. The third kappa shape index (κ3) is 5.62. The van der Waals surface area contributed by atoms with Crippen LogP contribution in [0.15, 0.2) is 18.2 Å². The first-order valence-corrected chi connectivity index (χ1v) is 7.16. The van der Waals surface area contributed by atoms with E-state index in [1.54, 1.807) is 0 Å². The van der Waals surface area contributed by atoms with E-state index < -0.39 is 0 Å². The molecule has 3 nitrogen and oxygen atoms in total. The molecule has 1 aromatic rings. The zero-order valence-electron chi connectivity index (χ0n) is 13.0. The molecule has 1 N–H and O–H groups in total. The Morgan fingerprint density at radius 2 is 2.05 bits per heavy atom. The lowest BCUT2D eigenvalue weighted by atomic mass is 10.0. The average Bonchev–Trinajstić information content (AvgIpc) is 2.36. The molecule has 0 aliphatic carbocycles. The van der Waals surface area contributed by atoms with E-state index in [1.165, 1.54) is 11.1 Å². The topological polar surface area (TPSA) is 24.5 Å². The fraction of sp³-hybridized carbons (Fsp3) is 0.625. The molecule has 0 amide bonds. The molecule has 0 fully saturated rings. The fourth-order valence-electron chi connectivity index (χ4n) is 2.12. The van der Waals surface area contributed by atoms with Gasteiger partial charge in [-0.05, 0) is 47.0 Å². The van der Waals surface area contributed by atoms with Crippen LogP contribution < -0.4 is 10.1 Å². The molecule has 0 bridgehead atoms. The van der Waals surface area contributed by atoms with Crippen LogP contribution >= 0.6 is 0 Å². The molecule has 0 aliphatic rings. The van der Waals surface area contributed by atoms with Gasteiger partial charge in [0.2, 0.25) is 0 Å². The van der Waals surface area contributed by atoms with Crippen molar-refractivity contribution in [3.63, 3.8) is 0 Å². The molecule has 0 aromatic heterocycles. The maximum absolute atomic E-state index is 5.94. The lowest BCUT2D eigenvalue weighted by Crippen LogP contribution is -2.19. The van der Waals surface area contributed by atoms with Crippen LogP contribution in [0.1, 0.15) is 37.4 Å². The predicted octanol–water partition coefficient (Wildman–Crippen LogP) is 3.00. The molecule has 1 unspecified atom stereocenters. The minimum absolute atomic E-state index is 0.328. The molecule has 0 saturated carbocycles. The number of aryl methyl sites for hydroxylation is 1. The molecule has 0 spiro atoms. The SMILES string of the molecule is CCNC(C)c1cc(C)ccc1OCCCN(C)C. The van der Waals surface area contributed by atoms with Crippen molar-refractivity contribution in [3.8, 4) is 5.75 Å². The number of hydrogen-bond donors (Lipinski definition) is 1. The lowest BCUT2D eigenvalue weighted by molar-refractivity contribution is 0.277. The maximum Gasteiger partial charge on any atom is 0.124 e. The summed E-state index contributed by atoms with van der Waals surface area (Å²) in [6.07, 6.45) is 1.05. The molecule has 3 heteroatoms. The predicted molar refractivity (Wildman–Crippen MR) is 81.9 cm³/mol. The Balaban J connectivity index is 2.65. The van der Waals surface area contributed by atoms with E-state index >= 15 is 0 Å². The van der Waals surface area contributed by atoms with Crippen molar-refractivity contribution in [2.24, 2.45) is 0 Å². The number of ether oxygens (including phenoxy) is 1. The first-order valence-electron chi connectivity index (χ1n) is 7.16. The Morgan fingerprint density at radius 1 is 1.32 bits per heavy atom. The second kappa shape index (κ2) is 8.18. The highest BCUT2D eigenvalue weighted by molar-refractivity contribution is 5.38. The molecule has 1 atom stereocenters. The van der Waals surface area contributed by atoms with Gasteiger partial charge in [-0.25, -0.2) is 0 Å². The second-order valence-electron chi connectivity index (χ2n) is 5.33. The van der Waals surface area contributed by atoms with Gasteiger partial charge < -0.3 is 15.0 Å². The van der Waals surface area contributed by atoms with E-state index in [0.29, 0.717) is 6.04 Å². The van der Waals surface area contributed by atoms with Gasteiger partial charge in [0, 0.05) is 18.2 Å². The van der Waals surface area contributed by atoms with E-state index in [4.69, 9.17) is 4.74 Å². The Hall–Kier alpha value is -1.06. The number of nitrogens with zero attached hydrogens (tertiary/aromatic N) is 1. The number of rotatable bonds is 8. The highest BCUT2D eigenvalue weighted by Crippen LogP contribution is 2.26. The normalized spacial score (nSPS) is 12.7. The highest BCUT2D eigenvalue weighted by atomic mass is 16.5. The largest absolute Gasteiger partial charge is 0.493 e. The first kappa shape index (κ1) is 16.0. The zero-order chi connectivity index (χ0) is 14.3. The molecule has 0 radical (unpaired) electrons. The van der Waals surface area contributed by atoms with Crippen molar-refractivity contribution in [3.05, 3.63) is 29.3 Å². The van der Waals surface area contributed by atoms with Crippen LogP contribution in [0.5, 0.6) is 5.75 Å². The Labute approximate surface area is 118 Å². The van der Waals surface area contributed by atoms with Gasteiger partial charge in [0.25, 0.3) is 0 Å². The summed E-state index contributed by atoms with van der Waals surface area (Å²) >= 11 is 0. The van der Waals surface area contributed by atoms with Crippen LogP contribution in [0.25, 0.3) is 0 Å². The average molecular weight is 264 g/mol. The maximum atomic E-state index is 5.94. The van der Waals surface area contributed by atoms with E-state index in [0.717, 1.165) is 31.9 Å². The van der Waals surface area contributed by atoms with Crippen molar-refractivity contribution in [2.45, 2.75) is 33.2 Å². The molecule has 19 heavy (non-hydrogen) atoms. The summed E-state index contributed by atoms with van der Waals surface area (Å²) in [7, 11) is 4.18. The quantitative estimate of drug-likeness (QED) is 0.731. The molecule has 1 rings (SSSR count). The molecular formula is C16H28N2O. The standard InChI is InChI=1S/C16H28N2O/c1-6-17-14(3)15-12-13(2)8-9-16(15)19-11-7-10-18(4)5/h8-9,12,14,17H,6-7,10-11H2,1-5H3. The van der Waals surface area contributed by atoms with Crippen molar-refractivity contribution in [1.29, 1.82) is 0 Å². The third-order valence-corrected chi connectivity index (χ3v) is 3.15. The summed E-state index contributed by atoms with van der Waals surface area (Å²) < 4.78 is 5.94. The van der Waals surface area contributed by atoms with Gasteiger partial charge >= 0.3 is 0 Å². The van der Waals surface area contributed by atoms with Gasteiger partial charge in [0.05, 0.1) is 6.61 Å². The van der Waals surface area contributed by atoms with Crippen LogP contribution in [0.2, 0.25) is 0 Å². The van der Waals surface area contributed by atoms with Gasteiger partial charge in [0.15, 0.2) is 0 Å². The van der Waals surface area contributed by atoms with E-state index in [-0.39, 0.29) is 0 Å². The first-order chi connectivity index (χ1) is 9.04. The number of hydrogen-bond acceptors (Lipinski definition) is 3.